The van der Waals surface area contributed by atoms with Gasteiger partial charge < -0.3 is 25.0 Å². The number of benzene rings is 3. The molecule has 1 unspecified atom stereocenters. The van der Waals surface area contributed by atoms with Crippen LogP contribution in [0.1, 0.15) is 35.6 Å². The van der Waals surface area contributed by atoms with Crippen molar-refractivity contribution in [3.8, 4) is 22.6 Å². The minimum absolute atomic E-state index is 0.0592. The molecule has 1 fully saturated rings. The Bertz CT molecular complexity index is 1250. The molecular weight excluding hydrogens is 422 g/mol. The minimum atomic E-state index is -1.56. The number of aryl methyl sites for hydroxylation is 1. The van der Waals surface area contributed by atoms with E-state index in [4.69, 9.17) is 14.6 Å². The Hall–Kier alpha value is -3.84. The maximum Gasteiger partial charge on any atom is 0.337 e. The first kappa shape index (κ1) is 21.0. The van der Waals surface area contributed by atoms with Gasteiger partial charge in [-0.05, 0) is 71.8 Å². The summed E-state index contributed by atoms with van der Waals surface area (Å²) in [5.74, 6) is 0.0110. The van der Waals surface area contributed by atoms with Gasteiger partial charge in [-0.15, -0.1) is 0 Å². The SMILES string of the molecule is Cc1ccc(NC(=O)C2(c3ccc4c(c3)OCO4)CC2)cc1-c1ccc(C(O)C(=O)O)cc1. The van der Waals surface area contributed by atoms with Gasteiger partial charge in [-0.2, -0.15) is 0 Å². The summed E-state index contributed by atoms with van der Waals surface area (Å²) in [6, 6.07) is 18.1. The van der Waals surface area contributed by atoms with Crippen LogP contribution in [0, 0.1) is 6.92 Å². The van der Waals surface area contributed by atoms with Gasteiger partial charge in [0.15, 0.2) is 17.6 Å². The van der Waals surface area contributed by atoms with Gasteiger partial charge >= 0.3 is 5.97 Å². The Morgan fingerprint density at radius 1 is 0.970 bits per heavy atom. The van der Waals surface area contributed by atoms with Crippen LogP contribution < -0.4 is 14.8 Å². The molecule has 33 heavy (non-hydrogen) atoms. The molecule has 3 aromatic rings. The van der Waals surface area contributed by atoms with E-state index in [1.54, 1.807) is 24.3 Å². The smallest absolute Gasteiger partial charge is 0.337 e. The number of carboxylic acids is 1. The van der Waals surface area contributed by atoms with Gasteiger partial charge in [0, 0.05) is 5.69 Å². The third kappa shape index (κ3) is 3.81. The van der Waals surface area contributed by atoms with E-state index in [1.165, 1.54) is 0 Å². The van der Waals surface area contributed by atoms with E-state index in [1.807, 2.05) is 43.3 Å². The average Bonchev–Trinajstić information content (AvgIpc) is 3.50. The van der Waals surface area contributed by atoms with Crippen LogP contribution in [0.25, 0.3) is 11.1 Å². The van der Waals surface area contributed by atoms with Crippen molar-refractivity contribution < 1.29 is 29.3 Å². The van der Waals surface area contributed by atoms with E-state index < -0.39 is 17.5 Å². The molecular formula is C26H23NO6. The number of carbonyl (C=O) groups excluding carboxylic acids is 1. The molecule has 1 aliphatic carbocycles. The highest BCUT2D eigenvalue weighted by atomic mass is 16.7. The number of aliphatic hydroxyl groups excluding tert-OH is 1. The van der Waals surface area contributed by atoms with E-state index in [0.29, 0.717) is 22.7 Å². The number of fused-ring (bicyclic) bond motifs is 1. The lowest BCUT2D eigenvalue weighted by Gasteiger charge is -2.17. The molecule has 2 aliphatic rings. The van der Waals surface area contributed by atoms with Gasteiger partial charge in [-0.3, -0.25) is 4.79 Å². The van der Waals surface area contributed by atoms with Crippen LogP contribution in [-0.2, 0) is 15.0 Å². The first-order valence-corrected chi connectivity index (χ1v) is 10.7. The number of rotatable bonds is 6. The summed E-state index contributed by atoms with van der Waals surface area (Å²) in [5.41, 5.74) is 4.13. The van der Waals surface area contributed by atoms with E-state index in [0.717, 1.165) is 35.1 Å². The maximum atomic E-state index is 13.2. The van der Waals surface area contributed by atoms with Crippen LogP contribution in [0.3, 0.4) is 0 Å². The third-order valence-electron chi connectivity index (χ3n) is 6.38. The number of hydrogen-bond donors (Lipinski definition) is 3. The molecule has 0 spiro atoms. The number of ether oxygens (including phenoxy) is 2. The van der Waals surface area contributed by atoms with Gasteiger partial charge in [0.1, 0.15) is 0 Å². The van der Waals surface area contributed by atoms with Crippen molar-refractivity contribution in [3.63, 3.8) is 0 Å². The lowest BCUT2D eigenvalue weighted by atomic mass is 9.94. The van der Waals surface area contributed by atoms with Crippen LogP contribution in [0.15, 0.2) is 60.7 Å². The number of carboxylic acid groups (broad SMARTS) is 1. The zero-order chi connectivity index (χ0) is 23.2. The van der Waals surface area contributed by atoms with Crippen LogP contribution in [-0.4, -0.2) is 28.9 Å². The minimum Gasteiger partial charge on any atom is -0.479 e. The molecule has 1 heterocycles. The number of amides is 1. The quantitative estimate of drug-likeness (QED) is 0.526. The Balaban J connectivity index is 1.37. The van der Waals surface area contributed by atoms with Gasteiger partial charge in [0.05, 0.1) is 5.41 Å². The normalized spacial score (nSPS) is 16.2. The maximum absolute atomic E-state index is 13.2. The third-order valence-corrected chi connectivity index (χ3v) is 6.38. The summed E-state index contributed by atoms with van der Waals surface area (Å²) in [6.07, 6.45) is -0.0218. The van der Waals surface area contributed by atoms with E-state index in [-0.39, 0.29) is 12.7 Å². The molecule has 3 aromatic carbocycles. The highest BCUT2D eigenvalue weighted by Gasteiger charge is 2.51. The van der Waals surface area contributed by atoms with Crippen LogP contribution in [0.2, 0.25) is 0 Å². The Morgan fingerprint density at radius 2 is 1.70 bits per heavy atom. The molecule has 5 rings (SSSR count). The molecule has 1 saturated carbocycles. The van der Waals surface area contributed by atoms with E-state index in [2.05, 4.69) is 5.32 Å². The van der Waals surface area contributed by atoms with Crippen molar-refractivity contribution in [2.75, 3.05) is 12.1 Å². The summed E-state index contributed by atoms with van der Waals surface area (Å²) in [5, 5.41) is 21.8. The molecule has 0 saturated heterocycles. The van der Waals surface area contributed by atoms with Crippen LogP contribution in [0.5, 0.6) is 11.5 Å². The topological polar surface area (TPSA) is 105 Å². The summed E-state index contributed by atoms with van der Waals surface area (Å²) < 4.78 is 10.8. The summed E-state index contributed by atoms with van der Waals surface area (Å²) in [7, 11) is 0. The second kappa shape index (κ2) is 7.94. The largest absolute Gasteiger partial charge is 0.479 e. The number of anilines is 1. The fourth-order valence-electron chi connectivity index (χ4n) is 4.22. The van der Waals surface area contributed by atoms with Gasteiger partial charge in [-0.1, -0.05) is 36.4 Å². The molecule has 0 radical (unpaired) electrons. The lowest BCUT2D eigenvalue weighted by molar-refractivity contribution is -0.147. The summed E-state index contributed by atoms with van der Waals surface area (Å²) in [6.45, 7) is 2.16. The van der Waals surface area contributed by atoms with Crippen molar-refractivity contribution >= 4 is 17.6 Å². The van der Waals surface area contributed by atoms with E-state index >= 15 is 0 Å². The molecule has 3 N–H and O–H groups in total. The number of hydrogen-bond acceptors (Lipinski definition) is 5. The average molecular weight is 445 g/mol. The number of carbonyl (C=O) groups is 2. The lowest BCUT2D eigenvalue weighted by Crippen LogP contribution is -2.27. The molecule has 1 amide bonds. The Morgan fingerprint density at radius 3 is 2.39 bits per heavy atom. The standard InChI is InChI=1S/C26H23NO6/c1-15-2-8-19(13-20(15)16-3-5-17(6-4-16)23(28)24(29)30)27-25(31)26(10-11-26)18-7-9-21-22(12-18)33-14-32-21/h2-9,12-13,23,28H,10-11,14H2,1H3,(H,27,31)(H,29,30). The predicted octanol–water partition coefficient (Wildman–Crippen LogP) is 4.18. The highest BCUT2D eigenvalue weighted by Crippen LogP contribution is 2.51. The molecule has 168 valence electrons. The highest BCUT2D eigenvalue weighted by molar-refractivity contribution is 6.02. The zero-order valence-corrected chi connectivity index (χ0v) is 18.0. The van der Waals surface area contributed by atoms with Crippen LogP contribution in [0.4, 0.5) is 5.69 Å². The first-order valence-electron chi connectivity index (χ1n) is 10.7. The van der Waals surface area contributed by atoms with Crippen molar-refractivity contribution in [1.29, 1.82) is 0 Å². The summed E-state index contributed by atoms with van der Waals surface area (Å²) in [4.78, 5) is 24.2. The van der Waals surface area contributed by atoms with Crippen molar-refractivity contribution in [3.05, 3.63) is 77.4 Å². The van der Waals surface area contributed by atoms with Crippen molar-refractivity contribution in [2.24, 2.45) is 0 Å². The second-order valence-corrected chi connectivity index (χ2v) is 8.50. The number of nitrogens with one attached hydrogen (secondary N) is 1. The number of aliphatic carboxylic acids is 1. The summed E-state index contributed by atoms with van der Waals surface area (Å²) >= 11 is 0. The first-order chi connectivity index (χ1) is 15.9. The molecule has 0 aromatic heterocycles. The van der Waals surface area contributed by atoms with Crippen molar-refractivity contribution in [1.82, 2.24) is 0 Å². The van der Waals surface area contributed by atoms with Gasteiger partial charge in [0.25, 0.3) is 0 Å². The van der Waals surface area contributed by atoms with Crippen molar-refractivity contribution in [2.45, 2.75) is 31.3 Å². The molecule has 0 bridgehead atoms. The molecule has 7 nitrogen and oxygen atoms in total. The van der Waals surface area contributed by atoms with E-state index in [9.17, 15) is 14.7 Å². The van der Waals surface area contributed by atoms with Gasteiger partial charge in [0.2, 0.25) is 12.7 Å². The zero-order valence-electron chi connectivity index (χ0n) is 18.0. The Labute approximate surface area is 190 Å². The number of aliphatic hydroxyl groups is 1. The van der Waals surface area contributed by atoms with Gasteiger partial charge in [-0.25, -0.2) is 4.79 Å². The fraction of sp³-hybridized carbons (Fsp3) is 0.231. The molecule has 1 atom stereocenters. The molecule has 1 aliphatic heterocycles. The molecule has 7 heteroatoms. The van der Waals surface area contributed by atoms with Crippen LogP contribution >= 0.6 is 0 Å². The Kier molecular flexibility index (Phi) is 5.06. The predicted molar refractivity (Wildman–Crippen MR) is 121 cm³/mol. The fourth-order valence-corrected chi connectivity index (χ4v) is 4.22. The monoisotopic (exact) mass is 445 g/mol. The second-order valence-electron chi connectivity index (χ2n) is 8.50.